The van der Waals surface area contributed by atoms with Crippen molar-refractivity contribution in [1.29, 1.82) is 0 Å². The lowest BCUT2D eigenvalue weighted by molar-refractivity contribution is -0.115. The van der Waals surface area contributed by atoms with Crippen LogP contribution < -0.4 is 5.32 Å². The second-order valence-corrected chi connectivity index (χ2v) is 5.83. The average Bonchev–Trinajstić information content (AvgIpc) is 3.04. The summed E-state index contributed by atoms with van der Waals surface area (Å²) in [6.07, 6.45) is 1.82. The lowest BCUT2D eigenvalue weighted by Crippen LogP contribution is -2.19. The molecule has 3 nitrogen and oxygen atoms in total. The van der Waals surface area contributed by atoms with E-state index < -0.39 is 0 Å². The molecular formula is C14H9FN2OS2. The predicted molar refractivity (Wildman–Crippen MR) is 81.5 cm³/mol. The number of amides is 1. The van der Waals surface area contributed by atoms with Crippen LogP contribution in [0.3, 0.4) is 0 Å². The van der Waals surface area contributed by atoms with Gasteiger partial charge in [-0.1, -0.05) is 0 Å². The van der Waals surface area contributed by atoms with E-state index in [0.29, 0.717) is 15.8 Å². The van der Waals surface area contributed by atoms with E-state index in [1.807, 2.05) is 22.9 Å². The van der Waals surface area contributed by atoms with Gasteiger partial charge in [-0.2, -0.15) is 11.3 Å². The van der Waals surface area contributed by atoms with Gasteiger partial charge in [0.25, 0.3) is 5.91 Å². The Morgan fingerprint density at radius 3 is 2.70 bits per heavy atom. The topological polar surface area (TPSA) is 41.5 Å². The first-order chi connectivity index (χ1) is 9.70. The molecule has 0 bridgehead atoms. The van der Waals surface area contributed by atoms with Crippen LogP contribution in [0.5, 0.6) is 0 Å². The quantitative estimate of drug-likeness (QED) is 0.858. The van der Waals surface area contributed by atoms with Crippen LogP contribution in [0.2, 0.25) is 0 Å². The molecule has 3 rings (SSSR count). The Morgan fingerprint density at radius 1 is 1.20 bits per heavy atom. The highest BCUT2D eigenvalue weighted by molar-refractivity contribution is 8.18. The number of nitrogens with one attached hydrogen (secondary N) is 1. The van der Waals surface area contributed by atoms with E-state index in [1.165, 1.54) is 23.9 Å². The Labute approximate surface area is 123 Å². The van der Waals surface area contributed by atoms with Gasteiger partial charge in [0.05, 0.1) is 10.6 Å². The number of thioether (sulfide) groups is 1. The Hall–Kier alpha value is -1.92. The van der Waals surface area contributed by atoms with Crippen LogP contribution in [0.15, 0.2) is 51.0 Å². The minimum atomic E-state index is -0.310. The molecular weight excluding hydrogens is 295 g/mol. The minimum absolute atomic E-state index is 0.165. The van der Waals surface area contributed by atoms with Gasteiger partial charge in [-0.15, -0.1) is 0 Å². The summed E-state index contributed by atoms with van der Waals surface area (Å²) in [6.45, 7) is 0. The first-order valence-corrected chi connectivity index (χ1v) is 7.54. The smallest absolute Gasteiger partial charge is 0.264 e. The molecule has 100 valence electrons. The van der Waals surface area contributed by atoms with Crippen LogP contribution in [0, 0.1) is 5.82 Å². The molecule has 1 aliphatic rings. The van der Waals surface area contributed by atoms with Gasteiger partial charge < -0.3 is 5.32 Å². The zero-order chi connectivity index (χ0) is 13.9. The second kappa shape index (κ2) is 5.60. The predicted octanol–water partition coefficient (Wildman–Crippen LogP) is 3.78. The molecule has 1 aromatic heterocycles. The third kappa shape index (κ3) is 2.97. The Kier molecular flexibility index (Phi) is 3.66. The summed E-state index contributed by atoms with van der Waals surface area (Å²) in [5.74, 6) is -0.475. The van der Waals surface area contributed by atoms with Crippen molar-refractivity contribution in [2.24, 2.45) is 4.99 Å². The van der Waals surface area contributed by atoms with Crippen molar-refractivity contribution in [2.45, 2.75) is 0 Å². The van der Waals surface area contributed by atoms with E-state index in [4.69, 9.17) is 0 Å². The number of rotatable bonds is 2. The number of hydrogen-bond donors (Lipinski definition) is 1. The number of amidine groups is 1. The number of halogens is 1. The monoisotopic (exact) mass is 304 g/mol. The molecule has 1 N–H and O–H groups in total. The second-order valence-electron chi connectivity index (χ2n) is 4.01. The van der Waals surface area contributed by atoms with Gasteiger partial charge in [-0.3, -0.25) is 4.79 Å². The summed E-state index contributed by atoms with van der Waals surface area (Å²) in [5, 5.41) is 7.12. The Bertz CT molecular complexity index is 690. The normalized spacial score (nSPS) is 18.8. The molecule has 0 radical (unpaired) electrons. The van der Waals surface area contributed by atoms with Crippen LogP contribution in [0.25, 0.3) is 6.08 Å². The van der Waals surface area contributed by atoms with Gasteiger partial charge in [0, 0.05) is 0 Å². The van der Waals surface area contributed by atoms with Crippen LogP contribution in [0.4, 0.5) is 10.1 Å². The molecule has 0 unspecified atom stereocenters. The van der Waals surface area contributed by atoms with Crippen LogP contribution in [-0.2, 0) is 4.79 Å². The molecule has 1 aromatic carbocycles. The summed E-state index contributed by atoms with van der Waals surface area (Å²) >= 11 is 2.86. The number of aliphatic imine (C=N–C) groups is 1. The highest BCUT2D eigenvalue weighted by atomic mass is 32.2. The largest absolute Gasteiger partial charge is 0.300 e. The highest BCUT2D eigenvalue weighted by Gasteiger charge is 2.23. The van der Waals surface area contributed by atoms with E-state index >= 15 is 0 Å². The lowest BCUT2D eigenvalue weighted by Gasteiger charge is -1.95. The fourth-order valence-corrected chi connectivity index (χ4v) is 3.08. The lowest BCUT2D eigenvalue weighted by atomic mass is 10.3. The molecule has 0 aliphatic carbocycles. The van der Waals surface area contributed by atoms with Crippen LogP contribution >= 0.6 is 23.1 Å². The summed E-state index contributed by atoms with van der Waals surface area (Å²) in [7, 11) is 0. The molecule has 1 amide bonds. The van der Waals surface area contributed by atoms with Crippen molar-refractivity contribution < 1.29 is 9.18 Å². The van der Waals surface area contributed by atoms with E-state index in [9.17, 15) is 9.18 Å². The van der Waals surface area contributed by atoms with E-state index in [1.54, 1.807) is 23.5 Å². The Morgan fingerprint density at radius 2 is 2.00 bits per heavy atom. The van der Waals surface area contributed by atoms with Crippen molar-refractivity contribution in [3.05, 3.63) is 57.4 Å². The zero-order valence-corrected chi connectivity index (χ0v) is 11.8. The SMILES string of the molecule is O=C1NC(=Nc2ccc(F)cc2)S/C1=C/c1ccsc1. The number of nitrogens with zero attached hydrogens (tertiary/aromatic N) is 1. The third-order valence-electron chi connectivity index (χ3n) is 2.55. The maximum Gasteiger partial charge on any atom is 0.264 e. The van der Waals surface area contributed by atoms with Crippen LogP contribution in [-0.4, -0.2) is 11.1 Å². The maximum absolute atomic E-state index is 12.8. The molecule has 2 aromatic rings. The first-order valence-electron chi connectivity index (χ1n) is 5.78. The molecule has 20 heavy (non-hydrogen) atoms. The highest BCUT2D eigenvalue weighted by Crippen LogP contribution is 2.28. The maximum atomic E-state index is 12.8. The fraction of sp³-hybridized carbons (Fsp3) is 0. The van der Waals surface area contributed by atoms with Gasteiger partial charge in [0.15, 0.2) is 5.17 Å². The van der Waals surface area contributed by atoms with Crippen molar-refractivity contribution in [1.82, 2.24) is 5.32 Å². The number of hydrogen-bond acceptors (Lipinski definition) is 4. The number of thiophene rings is 1. The van der Waals surface area contributed by atoms with Gasteiger partial charge in [-0.25, -0.2) is 9.38 Å². The molecule has 1 aliphatic heterocycles. The Balaban J connectivity index is 1.81. The van der Waals surface area contributed by atoms with Crippen molar-refractivity contribution in [3.8, 4) is 0 Å². The van der Waals surface area contributed by atoms with Crippen molar-refractivity contribution >= 4 is 45.9 Å². The summed E-state index contributed by atoms with van der Waals surface area (Å²) in [5.41, 5.74) is 1.60. The standard InChI is InChI=1S/C14H9FN2OS2/c15-10-1-3-11(4-2-10)16-14-17-13(18)12(20-14)7-9-5-6-19-8-9/h1-8H,(H,16,17,18)/b12-7+. The number of benzene rings is 1. The van der Waals surface area contributed by atoms with Crippen molar-refractivity contribution in [2.75, 3.05) is 0 Å². The molecule has 2 heterocycles. The van der Waals surface area contributed by atoms with Crippen LogP contribution in [0.1, 0.15) is 5.56 Å². The molecule has 0 spiro atoms. The van der Waals surface area contributed by atoms with Gasteiger partial charge in [0.2, 0.25) is 0 Å². The van der Waals surface area contributed by atoms with E-state index in [-0.39, 0.29) is 11.7 Å². The third-order valence-corrected chi connectivity index (χ3v) is 4.16. The van der Waals surface area contributed by atoms with Gasteiger partial charge in [-0.05, 0) is 64.5 Å². The minimum Gasteiger partial charge on any atom is -0.300 e. The van der Waals surface area contributed by atoms with E-state index in [0.717, 1.165) is 5.56 Å². The molecule has 1 saturated heterocycles. The molecule has 0 saturated carbocycles. The van der Waals surface area contributed by atoms with Gasteiger partial charge >= 0.3 is 0 Å². The zero-order valence-electron chi connectivity index (χ0n) is 10.2. The fourth-order valence-electron chi connectivity index (χ4n) is 1.62. The van der Waals surface area contributed by atoms with Gasteiger partial charge in [0.1, 0.15) is 5.82 Å². The molecule has 0 atom stereocenters. The number of carbonyl (C=O) groups excluding carboxylic acids is 1. The number of carbonyl (C=O) groups is 1. The summed E-state index contributed by atoms with van der Waals surface area (Å²) in [4.78, 5) is 16.7. The van der Waals surface area contributed by atoms with Crippen molar-refractivity contribution in [3.63, 3.8) is 0 Å². The molecule has 1 fully saturated rings. The molecule has 6 heteroatoms. The summed E-state index contributed by atoms with van der Waals surface area (Å²) < 4.78 is 12.8. The summed E-state index contributed by atoms with van der Waals surface area (Å²) in [6, 6.07) is 7.75. The first kappa shape index (κ1) is 13.1. The average molecular weight is 304 g/mol. The van der Waals surface area contributed by atoms with E-state index in [2.05, 4.69) is 10.3 Å².